The fourth-order valence-corrected chi connectivity index (χ4v) is 2.32. The average Bonchev–Trinajstić information content (AvgIpc) is 2.73. The molecule has 1 rings (SSSR count). The van der Waals surface area contributed by atoms with Crippen LogP contribution >= 0.6 is 0 Å². The number of nitrogens with one attached hydrogen (secondary N) is 1. The Morgan fingerprint density at radius 1 is 1.53 bits per heavy atom. The van der Waals surface area contributed by atoms with E-state index in [0.29, 0.717) is 6.54 Å². The SMILES string of the molecule is CCC(CC)(CN)C(=O)NC(C)c1cnn(C)c1C. The van der Waals surface area contributed by atoms with E-state index in [-0.39, 0.29) is 11.9 Å². The Balaban J connectivity index is 2.84. The van der Waals surface area contributed by atoms with Crippen LogP contribution in [-0.4, -0.2) is 22.2 Å². The molecular weight excluding hydrogens is 240 g/mol. The van der Waals surface area contributed by atoms with Crippen LogP contribution in [0.2, 0.25) is 0 Å². The second kappa shape index (κ2) is 6.19. The molecule has 0 aliphatic carbocycles. The summed E-state index contributed by atoms with van der Waals surface area (Å²) < 4.78 is 1.81. The molecular formula is C14H26N4O. The topological polar surface area (TPSA) is 72.9 Å². The molecule has 0 fully saturated rings. The summed E-state index contributed by atoms with van der Waals surface area (Å²) >= 11 is 0. The maximum atomic E-state index is 12.4. The third-order valence-corrected chi connectivity index (χ3v) is 4.31. The van der Waals surface area contributed by atoms with E-state index in [4.69, 9.17) is 5.73 Å². The third-order valence-electron chi connectivity index (χ3n) is 4.31. The fourth-order valence-electron chi connectivity index (χ4n) is 2.32. The highest BCUT2D eigenvalue weighted by Crippen LogP contribution is 2.27. The standard InChI is InChI=1S/C14H26N4O/c1-6-14(7-2,9-15)13(19)17-10(3)12-8-16-18(5)11(12)4/h8,10H,6-7,9,15H2,1-5H3,(H,17,19). The van der Waals surface area contributed by atoms with Crippen molar-refractivity contribution in [3.8, 4) is 0 Å². The number of carbonyl (C=O) groups is 1. The van der Waals surface area contributed by atoms with E-state index < -0.39 is 5.41 Å². The summed E-state index contributed by atoms with van der Waals surface area (Å²) in [6, 6.07) is -0.0507. The zero-order chi connectivity index (χ0) is 14.6. The zero-order valence-electron chi connectivity index (χ0n) is 12.7. The Hall–Kier alpha value is -1.36. The number of rotatable bonds is 6. The van der Waals surface area contributed by atoms with Gasteiger partial charge in [0.15, 0.2) is 0 Å². The molecule has 1 aromatic rings. The molecule has 0 saturated carbocycles. The first kappa shape index (κ1) is 15.7. The normalized spacial score (nSPS) is 13.4. The summed E-state index contributed by atoms with van der Waals surface area (Å²) in [4.78, 5) is 12.4. The number of hydrogen-bond acceptors (Lipinski definition) is 3. The van der Waals surface area contributed by atoms with E-state index in [1.165, 1.54) is 0 Å². The molecule has 1 amide bonds. The van der Waals surface area contributed by atoms with Crippen LogP contribution in [0.1, 0.15) is 50.9 Å². The lowest BCUT2D eigenvalue weighted by Crippen LogP contribution is -2.46. The van der Waals surface area contributed by atoms with Crippen molar-refractivity contribution in [1.29, 1.82) is 0 Å². The number of aryl methyl sites for hydroxylation is 1. The first-order valence-corrected chi connectivity index (χ1v) is 6.91. The van der Waals surface area contributed by atoms with Gasteiger partial charge >= 0.3 is 0 Å². The van der Waals surface area contributed by atoms with Gasteiger partial charge < -0.3 is 11.1 Å². The molecule has 0 aliphatic heterocycles. The first-order valence-electron chi connectivity index (χ1n) is 6.91. The molecule has 1 heterocycles. The zero-order valence-corrected chi connectivity index (χ0v) is 12.7. The Bertz CT molecular complexity index is 426. The Labute approximate surface area is 115 Å². The number of carbonyl (C=O) groups excluding carboxylic acids is 1. The lowest BCUT2D eigenvalue weighted by Gasteiger charge is -2.30. The van der Waals surface area contributed by atoms with Crippen LogP contribution in [-0.2, 0) is 11.8 Å². The maximum absolute atomic E-state index is 12.4. The van der Waals surface area contributed by atoms with Crippen molar-refractivity contribution in [2.24, 2.45) is 18.2 Å². The van der Waals surface area contributed by atoms with Gasteiger partial charge in [0.2, 0.25) is 5.91 Å². The molecule has 108 valence electrons. The summed E-state index contributed by atoms with van der Waals surface area (Å²) in [6.45, 7) is 8.38. The highest BCUT2D eigenvalue weighted by atomic mass is 16.2. The van der Waals surface area contributed by atoms with E-state index in [2.05, 4.69) is 10.4 Å². The predicted octanol–water partition coefficient (Wildman–Crippen LogP) is 1.67. The van der Waals surface area contributed by atoms with Gasteiger partial charge in [0, 0.05) is 24.8 Å². The molecule has 0 spiro atoms. The van der Waals surface area contributed by atoms with E-state index in [1.807, 2.05) is 45.6 Å². The van der Waals surface area contributed by atoms with Crippen LogP contribution in [0.5, 0.6) is 0 Å². The summed E-state index contributed by atoms with van der Waals surface area (Å²) in [5.41, 5.74) is 7.47. The van der Waals surface area contributed by atoms with Gasteiger partial charge in [-0.3, -0.25) is 9.48 Å². The van der Waals surface area contributed by atoms with Crippen molar-refractivity contribution >= 4 is 5.91 Å². The van der Waals surface area contributed by atoms with Crippen molar-refractivity contribution in [3.63, 3.8) is 0 Å². The number of amides is 1. The van der Waals surface area contributed by atoms with Crippen molar-refractivity contribution < 1.29 is 4.79 Å². The molecule has 0 aromatic carbocycles. The van der Waals surface area contributed by atoms with Gasteiger partial charge in [0.25, 0.3) is 0 Å². The number of nitrogens with zero attached hydrogens (tertiary/aromatic N) is 2. The second-order valence-corrected chi connectivity index (χ2v) is 5.20. The second-order valence-electron chi connectivity index (χ2n) is 5.20. The quantitative estimate of drug-likeness (QED) is 0.822. The van der Waals surface area contributed by atoms with Gasteiger partial charge in [-0.05, 0) is 26.7 Å². The Morgan fingerprint density at radius 2 is 2.11 bits per heavy atom. The van der Waals surface area contributed by atoms with Crippen molar-refractivity contribution in [2.75, 3.05) is 6.54 Å². The molecule has 0 bridgehead atoms. The molecule has 19 heavy (non-hydrogen) atoms. The van der Waals surface area contributed by atoms with Gasteiger partial charge in [-0.25, -0.2) is 0 Å². The number of aromatic nitrogens is 2. The van der Waals surface area contributed by atoms with Crippen LogP contribution < -0.4 is 11.1 Å². The molecule has 5 heteroatoms. The third kappa shape index (κ3) is 2.97. The monoisotopic (exact) mass is 266 g/mol. The molecule has 5 nitrogen and oxygen atoms in total. The largest absolute Gasteiger partial charge is 0.349 e. The lowest BCUT2D eigenvalue weighted by molar-refractivity contribution is -0.131. The number of nitrogens with two attached hydrogens (primary N) is 1. The minimum Gasteiger partial charge on any atom is -0.349 e. The summed E-state index contributed by atoms with van der Waals surface area (Å²) in [6.07, 6.45) is 3.32. The maximum Gasteiger partial charge on any atom is 0.227 e. The predicted molar refractivity (Wildman–Crippen MR) is 76.6 cm³/mol. The molecule has 1 aromatic heterocycles. The van der Waals surface area contributed by atoms with Crippen LogP contribution in [0.4, 0.5) is 0 Å². The smallest absolute Gasteiger partial charge is 0.227 e. The minimum absolute atomic E-state index is 0.0377. The van der Waals surface area contributed by atoms with Crippen LogP contribution in [0, 0.1) is 12.3 Å². The molecule has 0 radical (unpaired) electrons. The summed E-state index contributed by atoms with van der Waals surface area (Å²) in [5, 5.41) is 7.28. The minimum atomic E-state index is -0.454. The lowest BCUT2D eigenvalue weighted by atomic mass is 9.81. The summed E-state index contributed by atoms with van der Waals surface area (Å²) in [7, 11) is 1.90. The molecule has 0 saturated heterocycles. The van der Waals surface area contributed by atoms with E-state index in [0.717, 1.165) is 24.1 Å². The van der Waals surface area contributed by atoms with Crippen LogP contribution in [0.15, 0.2) is 6.20 Å². The molecule has 1 unspecified atom stereocenters. The van der Waals surface area contributed by atoms with E-state index >= 15 is 0 Å². The highest BCUT2D eigenvalue weighted by Gasteiger charge is 2.34. The molecule has 0 aliphatic rings. The van der Waals surface area contributed by atoms with Gasteiger partial charge in [0.05, 0.1) is 17.7 Å². The Morgan fingerprint density at radius 3 is 2.47 bits per heavy atom. The van der Waals surface area contributed by atoms with E-state index in [9.17, 15) is 4.79 Å². The average molecular weight is 266 g/mol. The molecule has 3 N–H and O–H groups in total. The highest BCUT2D eigenvalue weighted by molar-refractivity contribution is 5.83. The van der Waals surface area contributed by atoms with Crippen molar-refractivity contribution in [2.45, 2.75) is 46.6 Å². The van der Waals surface area contributed by atoms with Gasteiger partial charge in [-0.1, -0.05) is 13.8 Å². The number of hydrogen-bond donors (Lipinski definition) is 2. The van der Waals surface area contributed by atoms with Gasteiger partial charge in [-0.2, -0.15) is 5.10 Å². The summed E-state index contributed by atoms with van der Waals surface area (Å²) in [5.74, 6) is 0.0377. The Kier molecular flexibility index (Phi) is 5.11. The van der Waals surface area contributed by atoms with Gasteiger partial charge in [0.1, 0.15) is 0 Å². The molecule has 1 atom stereocenters. The first-order chi connectivity index (χ1) is 8.91. The van der Waals surface area contributed by atoms with Gasteiger partial charge in [-0.15, -0.1) is 0 Å². The van der Waals surface area contributed by atoms with Crippen LogP contribution in [0.3, 0.4) is 0 Å². The van der Waals surface area contributed by atoms with E-state index in [1.54, 1.807) is 0 Å². The van der Waals surface area contributed by atoms with Crippen LogP contribution in [0.25, 0.3) is 0 Å². The van der Waals surface area contributed by atoms with Crippen molar-refractivity contribution in [3.05, 3.63) is 17.5 Å². The van der Waals surface area contributed by atoms with Crippen molar-refractivity contribution in [1.82, 2.24) is 15.1 Å². The fraction of sp³-hybridized carbons (Fsp3) is 0.714.